The number of carboxylic acid groups (broad SMARTS) is 1. The standard InChI is InChI=1S/C27H46O4/c1-4-5-6-15-18-27(2,3)23-20-24(28)22-25(21-23)31-19-16-13-11-9-7-8-10-12-14-17-26(29)30/h20-22,28H,4-19H2,1-3H3,(H,29,30). The van der Waals surface area contributed by atoms with Crippen LogP contribution in [0.1, 0.15) is 123 Å². The van der Waals surface area contributed by atoms with Gasteiger partial charge in [0.1, 0.15) is 11.5 Å². The Morgan fingerprint density at radius 1 is 0.839 bits per heavy atom. The zero-order valence-corrected chi connectivity index (χ0v) is 20.3. The number of ether oxygens (including phenoxy) is 1. The number of carboxylic acids is 1. The second-order valence-electron chi connectivity index (χ2n) is 9.58. The molecule has 0 saturated heterocycles. The van der Waals surface area contributed by atoms with E-state index >= 15 is 0 Å². The summed E-state index contributed by atoms with van der Waals surface area (Å²) in [5.41, 5.74) is 1.19. The van der Waals surface area contributed by atoms with Crippen molar-refractivity contribution in [2.45, 2.75) is 122 Å². The molecule has 1 aromatic carbocycles. The molecule has 0 aliphatic rings. The summed E-state index contributed by atoms with van der Waals surface area (Å²) in [6, 6.07) is 5.71. The molecular weight excluding hydrogens is 388 g/mol. The monoisotopic (exact) mass is 434 g/mol. The lowest BCUT2D eigenvalue weighted by Crippen LogP contribution is -2.17. The van der Waals surface area contributed by atoms with E-state index in [0.717, 1.165) is 49.8 Å². The Morgan fingerprint density at radius 3 is 2.03 bits per heavy atom. The first-order valence-corrected chi connectivity index (χ1v) is 12.5. The van der Waals surface area contributed by atoms with Crippen molar-refractivity contribution in [1.82, 2.24) is 0 Å². The van der Waals surface area contributed by atoms with Crippen molar-refractivity contribution in [3.05, 3.63) is 23.8 Å². The summed E-state index contributed by atoms with van der Waals surface area (Å²) in [5, 5.41) is 18.8. The summed E-state index contributed by atoms with van der Waals surface area (Å²) < 4.78 is 5.95. The van der Waals surface area contributed by atoms with Gasteiger partial charge in [0.15, 0.2) is 0 Å². The Bertz CT molecular complexity index is 609. The van der Waals surface area contributed by atoms with Gasteiger partial charge in [-0.1, -0.05) is 91.4 Å². The highest BCUT2D eigenvalue weighted by molar-refractivity contribution is 5.66. The quantitative estimate of drug-likeness (QED) is 0.216. The number of hydrogen-bond acceptors (Lipinski definition) is 3. The van der Waals surface area contributed by atoms with Crippen molar-refractivity contribution in [3.8, 4) is 11.5 Å². The van der Waals surface area contributed by atoms with Gasteiger partial charge in [0.2, 0.25) is 0 Å². The maximum absolute atomic E-state index is 10.5. The molecule has 178 valence electrons. The highest BCUT2D eigenvalue weighted by Gasteiger charge is 2.21. The van der Waals surface area contributed by atoms with Crippen LogP contribution in [0.15, 0.2) is 18.2 Å². The van der Waals surface area contributed by atoms with E-state index < -0.39 is 5.97 Å². The van der Waals surface area contributed by atoms with Gasteiger partial charge in [-0.05, 0) is 42.4 Å². The first kappa shape index (κ1) is 27.3. The summed E-state index contributed by atoms with van der Waals surface area (Å²) in [4.78, 5) is 10.5. The number of phenols is 1. The Kier molecular flexibility index (Phi) is 14.1. The van der Waals surface area contributed by atoms with Crippen LogP contribution in [-0.2, 0) is 10.2 Å². The second kappa shape index (κ2) is 16.0. The molecule has 4 heteroatoms. The van der Waals surface area contributed by atoms with Gasteiger partial charge in [0, 0.05) is 12.5 Å². The maximum Gasteiger partial charge on any atom is 0.303 e. The van der Waals surface area contributed by atoms with Crippen LogP contribution in [0.5, 0.6) is 11.5 Å². The van der Waals surface area contributed by atoms with E-state index in [-0.39, 0.29) is 11.2 Å². The van der Waals surface area contributed by atoms with Gasteiger partial charge in [0.25, 0.3) is 0 Å². The first-order valence-electron chi connectivity index (χ1n) is 12.5. The third kappa shape index (κ3) is 13.3. The van der Waals surface area contributed by atoms with Crippen LogP contribution in [-0.4, -0.2) is 22.8 Å². The number of carbonyl (C=O) groups is 1. The molecule has 1 rings (SSSR count). The highest BCUT2D eigenvalue weighted by Crippen LogP contribution is 2.34. The van der Waals surface area contributed by atoms with Crippen LogP contribution in [0.2, 0.25) is 0 Å². The number of rotatable bonds is 19. The molecule has 0 saturated carbocycles. The lowest BCUT2D eigenvalue weighted by Gasteiger charge is -2.26. The zero-order chi connectivity index (χ0) is 23.0. The molecule has 0 aromatic heterocycles. The SMILES string of the molecule is CCCCCCC(C)(C)c1cc(O)cc(OCCCCCCCCCCCC(=O)O)c1. The Balaban J connectivity index is 2.21. The molecule has 4 nitrogen and oxygen atoms in total. The van der Waals surface area contributed by atoms with Crippen LogP contribution >= 0.6 is 0 Å². The maximum atomic E-state index is 10.5. The summed E-state index contributed by atoms with van der Waals surface area (Å²) in [5.74, 6) is 0.380. The molecule has 0 heterocycles. The summed E-state index contributed by atoms with van der Waals surface area (Å²) in [6.45, 7) is 7.43. The lowest BCUT2D eigenvalue weighted by molar-refractivity contribution is -0.137. The van der Waals surface area contributed by atoms with E-state index in [2.05, 4.69) is 26.8 Å². The van der Waals surface area contributed by atoms with Gasteiger partial charge in [0.05, 0.1) is 6.61 Å². The van der Waals surface area contributed by atoms with Crippen molar-refractivity contribution in [2.75, 3.05) is 6.61 Å². The van der Waals surface area contributed by atoms with Crippen LogP contribution in [0.3, 0.4) is 0 Å². The molecule has 1 aromatic rings. The van der Waals surface area contributed by atoms with Crippen molar-refractivity contribution >= 4 is 5.97 Å². The van der Waals surface area contributed by atoms with Gasteiger partial charge in [-0.3, -0.25) is 4.79 Å². The molecular formula is C27H46O4. The Labute approximate surface area is 190 Å². The number of aliphatic carboxylic acids is 1. The fourth-order valence-electron chi connectivity index (χ4n) is 4.00. The molecule has 0 aliphatic carbocycles. The summed E-state index contributed by atoms with van der Waals surface area (Å²) >= 11 is 0. The van der Waals surface area contributed by atoms with Gasteiger partial charge < -0.3 is 14.9 Å². The molecule has 0 spiro atoms. The minimum absolute atomic E-state index is 0.0399. The minimum Gasteiger partial charge on any atom is -0.508 e. The second-order valence-corrected chi connectivity index (χ2v) is 9.58. The Morgan fingerprint density at radius 2 is 1.42 bits per heavy atom. The third-order valence-electron chi connectivity index (χ3n) is 6.13. The molecule has 31 heavy (non-hydrogen) atoms. The fourth-order valence-corrected chi connectivity index (χ4v) is 4.00. The van der Waals surface area contributed by atoms with Crippen molar-refractivity contribution in [1.29, 1.82) is 0 Å². The summed E-state index contributed by atoms with van der Waals surface area (Å²) in [7, 11) is 0. The zero-order valence-electron chi connectivity index (χ0n) is 20.3. The highest BCUT2D eigenvalue weighted by atomic mass is 16.5. The predicted molar refractivity (Wildman–Crippen MR) is 129 cm³/mol. The molecule has 0 unspecified atom stereocenters. The predicted octanol–water partition coefficient (Wildman–Crippen LogP) is 8.00. The van der Waals surface area contributed by atoms with E-state index in [1.807, 2.05) is 6.07 Å². The summed E-state index contributed by atoms with van der Waals surface area (Å²) in [6.07, 6.45) is 16.5. The van der Waals surface area contributed by atoms with Crippen LogP contribution in [0, 0.1) is 0 Å². The fraction of sp³-hybridized carbons (Fsp3) is 0.741. The molecule has 0 fully saturated rings. The van der Waals surface area contributed by atoms with Crippen molar-refractivity contribution in [3.63, 3.8) is 0 Å². The average Bonchev–Trinajstić information content (AvgIpc) is 2.71. The number of benzene rings is 1. The first-order chi connectivity index (χ1) is 14.8. The number of phenolic OH excluding ortho intramolecular Hbond substituents is 1. The van der Waals surface area contributed by atoms with Crippen LogP contribution in [0.25, 0.3) is 0 Å². The largest absolute Gasteiger partial charge is 0.508 e. The smallest absolute Gasteiger partial charge is 0.303 e. The molecule has 0 aliphatic heterocycles. The normalized spacial score (nSPS) is 11.6. The Hall–Kier alpha value is -1.71. The number of aromatic hydroxyl groups is 1. The molecule has 0 atom stereocenters. The molecule has 0 radical (unpaired) electrons. The van der Waals surface area contributed by atoms with Crippen molar-refractivity contribution in [2.24, 2.45) is 0 Å². The van der Waals surface area contributed by atoms with E-state index in [1.54, 1.807) is 6.07 Å². The topological polar surface area (TPSA) is 66.8 Å². The number of unbranched alkanes of at least 4 members (excludes halogenated alkanes) is 11. The van der Waals surface area contributed by atoms with E-state index in [4.69, 9.17) is 9.84 Å². The minimum atomic E-state index is -0.685. The lowest BCUT2D eigenvalue weighted by atomic mass is 9.80. The van der Waals surface area contributed by atoms with Crippen LogP contribution < -0.4 is 4.74 Å². The van der Waals surface area contributed by atoms with E-state index in [9.17, 15) is 9.90 Å². The van der Waals surface area contributed by atoms with E-state index in [1.165, 1.54) is 51.4 Å². The third-order valence-corrected chi connectivity index (χ3v) is 6.13. The molecule has 0 bridgehead atoms. The molecule has 2 N–H and O–H groups in total. The van der Waals surface area contributed by atoms with Gasteiger partial charge in [-0.2, -0.15) is 0 Å². The van der Waals surface area contributed by atoms with E-state index in [0.29, 0.717) is 13.0 Å². The number of hydrogen-bond donors (Lipinski definition) is 2. The van der Waals surface area contributed by atoms with Gasteiger partial charge in [-0.15, -0.1) is 0 Å². The molecule has 0 amide bonds. The van der Waals surface area contributed by atoms with Gasteiger partial charge >= 0.3 is 5.97 Å². The van der Waals surface area contributed by atoms with Crippen LogP contribution in [0.4, 0.5) is 0 Å². The average molecular weight is 435 g/mol. The van der Waals surface area contributed by atoms with Gasteiger partial charge in [-0.25, -0.2) is 0 Å². The van der Waals surface area contributed by atoms with Crippen molar-refractivity contribution < 1.29 is 19.7 Å².